The molecule has 1 saturated carbocycles. The smallest absolute Gasteiger partial charge is 0.283 e. The highest BCUT2D eigenvalue weighted by Gasteiger charge is 2.34. The number of aliphatic imine (C=N–C) groups is 1. The second-order valence-corrected chi connectivity index (χ2v) is 8.33. The van der Waals surface area contributed by atoms with Crippen molar-refractivity contribution in [1.29, 1.82) is 0 Å². The molecule has 1 aliphatic heterocycles. The number of thioether (sulfide) groups is 1. The van der Waals surface area contributed by atoms with Gasteiger partial charge >= 0.3 is 0 Å². The summed E-state index contributed by atoms with van der Waals surface area (Å²) in [6.07, 6.45) is 6.65. The van der Waals surface area contributed by atoms with Gasteiger partial charge < -0.3 is 9.47 Å². The maximum absolute atomic E-state index is 13.3. The van der Waals surface area contributed by atoms with Crippen molar-refractivity contribution < 1.29 is 14.3 Å². The molecule has 5 nitrogen and oxygen atoms in total. The molecule has 0 unspecified atom stereocenters. The van der Waals surface area contributed by atoms with Crippen LogP contribution in [0.1, 0.15) is 31.2 Å². The number of benzene rings is 2. The Morgan fingerprint density at radius 1 is 1.03 bits per heavy atom. The van der Waals surface area contributed by atoms with Crippen LogP contribution < -0.4 is 14.4 Å². The summed E-state index contributed by atoms with van der Waals surface area (Å²) in [6.45, 7) is 0. The van der Waals surface area contributed by atoms with Crippen molar-refractivity contribution in [3.63, 3.8) is 0 Å². The molecule has 150 valence electrons. The van der Waals surface area contributed by atoms with E-state index in [1.165, 1.54) is 25.7 Å². The van der Waals surface area contributed by atoms with Gasteiger partial charge in [-0.1, -0.05) is 42.8 Å². The molecule has 1 heterocycles. The van der Waals surface area contributed by atoms with E-state index in [0.717, 1.165) is 22.2 Å². The van der Waals surface area contributed by atoms with Gasteiger partial charge in [0.25, 0.3) is 5.91 Å². The summed E-state index contributed by atoms with van der Waals surface area (Å²) in [5.41, 5.74) is 2.13. The minimum Gasteiger partial charge on any atom is -0.497 e. The highest BCUT2D eigenvalue weighted by atomic mass is 32.2. The van der Waals surface area contributed by atoms with E-state index in [1.807, 2.05) is 54.6 Å². The lowest BCUT2D eigenvalue weighted by Gasteiger charge is -2.20. The molecule has 1 fully saturated rings. The molecule has 0 radical (unpaired) electrons. The summed E-state index contributed by atoms with van der Waals surface area (Å²) >= 11 is 1.71. The van der Waals surface area contributed by atoms with Crippen molar-refractivity contribution in [2.75, 3.05) is 19.1 Å². The van der Waals surface area contributed by atoms with Crippen molar-refractivity contribution in [2.45, 2.75) is 30.9 Å². The molecule has 1 aliphatic carbocycles. The third-order valence-corrected chi connectivity index (χ3v) is 6.42. The molecule has 0 aromatic heterocycles. The quantitative estimate of drug-likeness (QED) is 0.644. The van der Waals surface area contributed by atoms with Crippen molar-refractivity contribution in [3.05, 3.63) is 59.8 Å². The molecule has 0 spiro atoms. The van der Waals surface area contributed by atoms with Crippen LogP contribution >= 0.6 is 11.8 Å². The third kappa shape index (κ3) is 4.32. The first-order valence-electron chi connectivity index (χ1n) is 9.77. The van der Waals surface area contributed by atoms with Crippen LogP contribution in [0, 0.1) is 0 Å². The van der Waals surface area contributed by atoms with Crippen LogP contribution in [0.4, 0.5) is 5.69 Å². The largest absolute Gasteiger partial charge is 0.497 e. The maximum Gasteiger partial charge on any atom is 0.283 e. The van der Waals surface area contributed by atoms with E-state index in [2.05, 4.69) is 0 Å². The molecule has 2 aliphatic rings. The second kappa shape index (κ2) is 8.74. The standard InChI is InChI=1S/C23H24N2O3S/c1-27-18-12-10-16(11-13-18)14-21-22(26)25(17-6-5-7-19(15-17)28-2)23(24-21)29-20-8-3-4-9-20/h5-7,10-15,20H,3-4,8-9H2,1-2H3. The number of methoxy groups -OCH3 is 2. The van der Waals surface area contributed by atoms with Crippen LogP contribution in [0.2, 0.25) is 0 Å². The lowest BCUT2D eigenvalue weighted by atomic mass is 10.2. The average Bonchev–Trinajstić information content (AvgIpc) is 3.37. The first-order chi connectivity index (χ1) is 14.2. The van der Waals surface area contributed by atoms with Crippen LogP contribution in [-0.2, 0) is 4.79 Å². The Kier molecular flexibility index (Phi) is 5.90. The van der Waals surface area contributed by atoms with Gasteiger partial charge in [-0.05, 0) is 48.7 Å². The maximum atomic E-state index is 13.3. The number of nitrogens with zero attached hydrogens (tertiary/aromatic N) is 2. The van der Waals surface area contributed by atoms with E-state index in [9.17, 15) is 4.79 Å². The molecule has 1 amide bonds. The average molecular weight is 409 g/mol. The van der Waals surface area contributed by atoms with E-state index in [1.54, 1.807) is 30.9 Å². The van der Waals surface area contributed by atoms with Crippen LogP contribution in [-0.4, -0.2) is 30.5 Å². The van der Waals surface area contributed by atoms with Gasteiger partial charge in [-0.2, -0.15) is 0 Å². The van der Waals surface area contributed by atoms with Gasteiger partial charge in [0.2, 0.25) is 0 Å². The van der Waals surface area contributed by atoms with Crippen LogP contribution in [0.3, 0.4) is 0 Å². The molecular weight excluding hydrogens is 384 g/mol. The number of rotatable bonds is 5. The SMILES string of the molecule is COc1ccc(C=C2N=C(SC3CCCC3)N(c3cccc(OC)c3)C2=O)cc1. The minimum atomic E-state index is -0.116. The van der Waals surface area contributed by atoms with Gasteiger partial charge in [0.1, 0.15) is 17.2 Å². The molecule has 2 aromatic rings. The fourth-order valence-electron chi connectivity index (χ4n) is 3.57. The Morgan fingerprint density at radius 2 is 1.76 bits per heavy atom. The Bertz CT molecular complexity index is 947. The monoisotopic (exact) mass is 408 g/mol. The van der Waals surface area contributed by atoms with E-state index in [4.69, 9.17) is 14.5 Å². The van der Waals surface area contributed by atoms with Crippen molar-refractivity contribution in [1.82, 2.24) is 0 Å². The molecule has 4 rings (SSSR count). The number of carbonyl (C=O) groups is 1. The molecule has 0 atom stereocenters. The number of hydrogen-bond donors (Lipinski definition) is 0. The van der Waals surface area contributed by atoms with Crippen molar-refractivity contribution >= 4 is 34.6 Å². The molecule has 0 bridgehead atoms. The first kappa shape index (κ1) is 19.6. The second-order valence-electron chi connectivity index (χ2n) is 7.06. The van der Waals surface area contributed by atoms with Gasteiger partial charge in [-0.25, -0.2) is 4.99 Å². The highest BCUT2D eigenvalue weighted by Crippen LogP contribution is 2.37. The topological polar surface area (TPSA) is 51.1 Å². The predicted octanol–water partition coefficient (Wildman–Crippen LogP) is 5.12. The number of ether oxygens (including phenoxy) is 2. The summed E-state index contributed by atoms with van der Waals surface area (Å²) in [4.78, 5) is 19.7. The number of hydrogen-bond acceptors (Lipinski definition) is 5. The summed E-state index contributed by atoms with van der Waals surface area (Å²) in [5, 5.41) is 1.25. The van der Waals surface area contributed by atoms with Gasteiger partial charge in [-0.15, -0.1) is 0 Å². The first-order valence-corrected chi connectivity index (χ1v) is 10.7. The molecular formula is C23H24N2O3S. The fourth-order valence-corrected chi connectivity index (χ4v) is 4.88. The minimum absolute atomic E-state index is 0.116. The zero-order chi connectivity index (χ0) is 20.2. The Hall–Kier alpha value is -2.73. The Morgan fingerprint density at radius 3 is 2.45 bits per heavy atom. The Labute approximate surface area is 175 Å². The van der Waals surface area contributed by atoms with E-state index >= 15 is 0 Å². The van der Waals surface area contributed by atoms with Crippen molar-refractivity contribution in [2.24, 2.45) is 4.99 Å². The van der Waals surface area contributed by atoms with Gasteiger partial charge in [0, 0.05) is 11.3 Å². The number of anilines is 1. The van der Waals surface area contributed by atoms with Crippen LogP contribution in [0.5, 0.6) is 11.5 Å². The normalized spacial score (nSPS) is 18.4. The number of amidine groups is 1. The lowest BCUT2D eigenvalue weighted by Crippen LogP contribution is -2.31. The molecule has 0 saturated heterocycles. The van der Waals surface area contributed by atoms with Gasteiger partial charge in [0.15, 0.2) is 5.17 Å². The summed E-state index contributed by atoms with van der Waals surface area (Å²) in [6, 6.07) is 15.2. The summed E-state index contributed by atoms with van der Waals surface area (Å²) < 4.78 is 10.6. The van der Waals surface area contributed by atoms with Crippen LogP contribution in [0.15, 0.2) is 59.2 Å². The zero-order valence-corrected chi connectivity index (χ0v) is 17.4. The van der Waals surface area contributed by atoms with E-state index in [0.29, 0.717) is 16.7 Å². The molecule has 6 heteroatoms. The van der Waals surface area contributed by atoms with Gasteiger partial charge in [-0.3, -0.25) is 9.69 Å². The molecule has 2 aromatic carbocycles. The summed E-state index contributed by atoms with van der Waals surface area (Å²) in [5.74, 6) is 1.38. The number of amides is 1. The zero-order valence-electron chi connectivity index (χ0n) is 16.6. The molecule has 0 N–H and O–H groups in total. The Balaban J connectivity index is 1.68. The van der Waals surface area contributed by atoms with Crippen LogP contribution in [0.25, 0.3) is 6.08 Å². The lowest BCUT2D eigenvalue weighted by molar-refractivity contribution is -0.113. The highest BCUT2D eigenvalue weighted by molar-refractivity contribution is 8.14. The van der Waals surface area contributed by atoms with E-state index in [-0.39, 0.29) is 5.91 Å². The molecule has 29 heavy (non-hydrogen) atoms. The summed E-state index contributed by atoms with van der Waals surface area (Å²) in [7, 11) is 3.26. The number of carbonyl (C=O) groups excluding carboxylic acids is 1. The third-order valence-electron chi connectivity index (χ3n) is 5.13. The van der Waals surface area contributed by atoms with Crippen molar-refractivity contribution in [3.8, 4) is 11.5 Å². The predicted molar refractivity (Wildman–Crippen MR) is 119 cm³/mol. The van der Waals surface area contributed by atoms with E-state index < -0.39 is 0 Å². The van der Waals surface area contributed by atoms with Gasteiger partial charge in [0.05, 0.1) is 19.9 Å². The fraction of sp³-hybridized carbons (Fsp3) is 0.304.